The van der Waals surface area contributed by atoms with E-state index in [0.717, 1.165) is 12.8 Å². The van der Waals surface area contributed by atoms with Crippen LogP contribution in [0, 0.1) is 34.6 Å². The number of hydrogen-bond acceptors (Lipinski definition) is 1. The van der Waals surface area contributed by atoms with Gasteiger partial charge in [0.05, 0.1) is 0 Å². The van der Waals surface area contributed by atoms with Crippen molar-refractivity contribution in [3.63, 3.8) is 0 Å². The Morgan fingerprint density at radius 2 is 1.32 bits per heavy atom. The van der Waals surface area contributed by atoms with E-state index >= 15 is 0 Å². The van der Waals surface area contributed by atoms with Crippen molar-refractivity contribution in [3.05, 3.63) is 57.6 Å². The van der Waals surface area contributed by atoms with Crippen LogP contribution in [-0.2, 0) is 32.6 Å². The van der Waals surface area contributed by atoms with Crippen LogP contribution in [0.25, 0.3) is 0 Å². The fourth-order valence-electron chi connectivity index (χ4n) is 2.27. The molecule has 0 radical (unpaired) electrons. The molecule has 0 saturated heterocycles. The maximum Gasteiger partial charge on any atom is 4.00 e. The fraction of sp³-hybridized carbons (Fsp3) is 0.444. The minimum Gasteiger partial charge on any atom is -1.00 e. The number of halogens is 2. The summed E-state index contributed by atoms with van der Waals surface area (Å²) in [6.45, 7) is 11.3. The van der Waals surface area contributed by atoms with Crippen molar-refractivity contribution in [1.29, 1.82) is 0 Å². The van der Waals surface area contributed by atoms with Crippen LogP contribution in [0.5, 0.6) is 0 Å². The largest absolute Gasteiger partial charge is 4.00 e. The molecule has 0 fully saturated rings. The second kappa shape index (κ2) is 13.6. The summed E-state index contributed by atoms with van der Waals surface area (Å²) in [5.41, 5.74) is 8.66. The fourth-order valence-corrected chi connectivity index (χ4v) is 2.27. The summed E-state index contributed by atoms with van der Waals surface area (Å²) in [5.74, 6) is 0. The summed E-state index contributed by atoms with van der Waals surface area (Å²) in [7, 11) is 0. The molecule has 1 N–H and O–H groups in total. The minimum atomic E-state index is 0. The van der Waals surface area contributed by atoms with Gasteiger partial charge in [-0.2, -0.15) is 45.5 Å². The quantitative estimate of drug-likeness (QED) is 0.586. The molecule has 4 heteroatoms. The minimum absolute atomic E-state index is 0. The summed E-state index contributed by atoms with van der Waals surface area (Å²) in [6.07, 6.45) is 1.88. The average Bonchev–Trinajstić information content (AvgIpc) is 2.99. The third kappa shape index (κ3) is 7.60. The van der Waals surface area contributed by atoms with Crippen LogP contribution in [-0.4, -0.2) is 11.7 Å². The zero-order valence-corrected chi connectivity index (χ0v) is 18.1. The molecule has 0 bridgehead atoms. The van der Waals surface area contributed by atoms with Gasteiger partial charge < -0.3 is 29.9 Å². The second-order valence-corrected chi connectivity index (χ2v) is 5.25. The first-order valence-electron chi connectivity index (χ1n) is 7.00. The Balaban J connectivity index is -0.000000290. The van der Waals surface area contributed by atoms with Gasteiger partial charge in [0, 0.05) is 6.61 Å². The maximum absolute atomic E-state index is 8.47. The summed E-state index contributed by atoms with van der Waals surface area (Å²) in [6, 6.07) is 8.20. The summed E-state index contributed by atoms with van der Waals surface area (Å²) in [4.78, 5) is 0. The summed E-state index contributed by atoms with van der Waals surface area (Å²) in [5, 5.41) is 8.47. The van der Waals surface area contributed by atoms with E-state index in [1.165, 1.54) is 33.4 Å². The van der Waals surface area contributed by atoms with E-state index in [1.807, 2.05) is 12.1 Å². The van der Waals surface area contributed by atoms with E-state index in [1.54, 1.807) is 0 Å². The first-order valence-corrected chi connectivity index (χ1v) is 7.00. The van der Waals surface area contributed by atoms with Crippen molar-refractivity contribution in [3.8, 4) is 0 Å². The van der Waals surface area contributed by atoms with Crippen molar-refractivity contribution < 1.29 is 56.1 Å². The smallest absolute Gasteiger partial charge is 1.00 e. The Bertz CT molecular complexity index is 421. The third-order valence-corrected chi connectivity index (χ3v) is 4.17. The average molecular weight is 421 g/mol. The predicted molar refractivity (Wildman–Crippen MR) is 83.2 cm³/mol. The van der Waals surface area contributed by atoms with E-state index in [0.29, 0.717) is 6.61 Å². The maximum atomic E-state index is 8.47. The Hall–Kier alpha value is 0.123. The molecule has 2 aromatic rings. The van der Waals surface area contributed by atoms with Gasteiger partial charge in [0.2, 0.25) is 0 Å². The standard InChI is InChI=1S/C10H15.C8H11O.2ClH.Zr/c1-6-7(2)9(4)10(5)8(6)3;9-7-3-6-8-4-1-2-5-8;;;/h1-5H3;1-2,4-5,9H,3,6-7H2;2*1H;/q2*-1;;;+4/p-2. The number of aliphatic hydroxyl groups excluding tert-OH is 1. The van der Waals surface area contributed by atoms with Crippen LogP contribution in [0.15, 0.2) is 24.3 Å². The van der Waals surface area contributed by atoms with Crippen molar-refractivity contribution in [2.24, 2.45) is 0 Å². The molecule has 0 aliphatic heterocycles. The molecule has 1 nitrogen and oxygen atoms in total. The molecule has 0 atom stereocenters. The molecule has 0 aromatic heterocycles. The Kier molecular flexibility index (Phi) is 16.6. The monoisotopic (exact) mass is 418 g/mol. The zero-order valence-electron chi connectivity index (χ0n) is 14.1. The second-order valence-electron chi connectivity index (χ2n) is 5.25. The van der Waals surface area contributed by atoms with Gasteiger partial charge in [0.1, 0.15) is 0 Å². The molecule has 0 saturated carbocycles. The van der Waals surface area contributed by atoms with Crippen LogP contribution in [0.1, 0.15) is 39.8 Å². The van der Waals surface area contributed by atoms with Crippen molar-refractivity contribution >= 4 is 0 Å². The Morgan fingerprint density at radius 3 is 1.59 bits per heavy atom. The molecule has 2 rings (SSSR count). The SMILES string of the molecule is Cc1c(C)c(C)[c-](C)c1C.OCCC[c-]1cccc1.[Cl-].[Cl-].[Zr+4]. The van der Waals surface area contributed by atoms with E-state index in [2.05, 4.69) is 46.8 Å². The van der Waals surface area contributed by atoms with E-state index < -0.39 is 0 Å². The van der Waals surface area contributed by atoms with E-state index in [-0.39, 0.29) is 51.0 Å². The predicted octanol–water partition coefficient (Wildman–Crippen LogP) is -1.72. The molecule has 22 heavy (non-hydrogen) atoms. The molecule has 0 unspecified atom stereocenters. The van der Waals surface area contributed by atoms with Crippen LogP contribution in [0.2, 0.25) is 0 Å². The van der Waals surface area contributed by atoms with Gasteiger partial charge in [0.15, 0.2) is 0 Å². The van der Waals surface area contributed by atoms with Gasteiger partial charge in [0.25, 0.3) is 0 Å². The van der Waals surface area contributed by atoms with Crippen LogP contribution in [0.4, 0.5) is 0 Å². The Morgan fingerprint density at radius 1 is 0.909 bits per heavy atom. The van der Waals surface area contributed by atoms with Crippen LogP contribution in [0.3, 0.4) is 0 Å². The molecule has 0 aliphatic rings. The van der Waals surface area contributed by atoms with Crippen molar-refractivity contribution in [2.45, 2.75) is 47.5 Å². The molecular formula is C18H26Cl2OZr. The summed E-state index contributed by atoms with van der Waals surface area (Å²) >= 11 is 0. The normalized spacial score (nSPS) is 8.82. The molecule has 0 amide bonds. The first-order chi connectivity index (χ1) is 8.99. The number of aliphatic hydroxyl groups is 1. The summed E-state index contributed by atoms with van der Waals surface area (Å²) < 4.78 is 0. The van der Waals surface area contributed by atoms with Crippen LogP contribution >= 0.6 is 0 Å². The molecular weight excluding hydrogens is 394 g/mol. The van der Waals surface area contributed by atoms with Gasteiger partial charge in [-0.25, -0.2) is 12.1 Å². The Labute approximate surface area is 167 Å². The van der Waals surface area contributed by atoms with Gasteiger partial charge >= 0.3 is 26.2 Å². The molecule has 0 heterocycles. The molecule has 2 aromatic carbocycles. The topological polar surface area (TPSA) is 20.2 Å². The van der Waals surface area contributed by atoms with Crippen molar-refractivity contribution in [2.75, 3.05) is 6.61 Å². The van der Waals surface area contributed by atoms with Gasteiger partial charge in [-0.3, -0.25) is 0 Å². The number of hydrogen-bond donors (Lipinski definition) is 1. The number of rotatable bonds is 3. The third-order valence-electron chi connectivity index (χ3n) is 4.17. The van der Waals surface area contributed by atoms with Crippen LogP contribution < -0.4 is 24.8 Å². The molecule has 122 valence electrons. The zero-order chi connectivity index (χ0) is 14.4. The molecule has 0 aliphatic carbocycles. The molecule has 0 spiro atoms. The van der Waals surface area contributed by atoms with Gasteiger partial charge in [-0.05, 0) is 6.42 Å². The van der Waals surface area contributed by atoms with Crippen molar-refractivity contribution in [1.82, 2.24) is 0 Å². The van der Waals surface area contributed by atoms with Gasteiger partial charge in [-0.15, -0.1) is 0 Å². The van der Waals surface area contributed by atoms with E-state index in [4.69, 9.17) is 5.11 Å². The first kappa shape index (κ1) is 27.0. The van der Waals surface area contributed by atoms with Gasteiger partial charge in [-0.1, -0.05) is 41.0 Å². The number of aryl methyl sites for hydroxylation is 1. The van der Waals surface area contributed by atoms with E-state index in [9.17, 15) is 0 Å².